The van der Waals surface area contributed by atoms with Crippen LogP contribution in [0.4, 0.5) is 0 Å². The fraction of sp³-hybridized carbons (Fsp3) is 0.973. The molecule has 0 aromatic heterocycles. The number of rotatable bonds is 35. The van der Waals surface area contributed by atoms with Gasteiger partial charge in [-0.3, -0.25) is 9.32 Å². The molecule has 0 bridgehead atoms. The lowest BCUT2D eigenvalue weighted by atomic mass is 10.0. The molecule has 0 fully saturated rings. The predicted octanol–water partition coefficient (Wildman–Crippen LogP) is 10.7. The number of aliphatic hydroxyl groups is 2. The van der Waals surface area contributed by atoms with Gasteiger partial charge < -0.3 is 24.7 Å². The number of carbonyl (C=O) groups is 1. The summed E-state index contributed by atoms with van der Waals surface area (Å²) >= 11 is 0. The molecular weight excluding hydrogens is 603 g/mol. The number of hydrogen-bond acceptors (Lipinski definition) is 6. The minimum atomic E-state index is -4.25. The number of phosphoric ester groups is 1. The van der Waals surface area contributed by atoms with Crippen LogP contribution in [0, 0.1) is 0 Å². The van der Waals surface area contributed by atoms with Crippen molar-refractivity contribution in [3.63, 3.8) is 0 Å². The minimum absolute atomic E-state index is 0.103. The summed E-state index contributed by atoms with van der Waals surface area (Å²) in [7, 11) is -4.25. The molecule has 9 heteroatoms. The van der Waals surface area contributed by atoms with Crippen molar-refractivity contribution in [2.75, 3.05) is 19.8 Å². The highest BCUT2D eigenvalue weighted by Gasteiger charge is 2.12. The average Bonchev–Trinajstić information content (AvgIpc) is 3.03. The Balaban J connectivity index is 0. The molecule has 0 spiro atoms. The molecule has 1 atom stereocenters. The van der Waals surface area contributed by atoms with Gasteiger partial charge in [0.2, 0.25) is 0 Å². The highest BCUT2D eigenvalue weighted by Crippen LogP contribution is 2.35. The average molecular weight is 681 g/mol. The smallest absolute Gasteiger partial charge is 0.463 e. The van der Waals surface area contributed by atoms with E-state index in [1.807, 2.05) is 0 Å². The topological polar surface area (TPSA) is 134 Å². The van der Waals surface area contributed by atoms with Gasteiger partial charge in [0.05, 0.1) is 13.2 Å². The molecule has 4 N–H and O–H groups in total. The van der Waals surface area contributed by atoms with E-state index in [4.69, 9.17) is 24.7 Å². The molecule has 0 saturated heterocycles. The number of hydrogen-bond donors (Lipinski definition) is 4. The van der Waals surface area contributed by atoms with Crippen molar-refractivity contribution < 1.29 is 38.6 Å². The van der Waals surface area contributed by atoms with Crippen LogP contribution in [0.5, 0.6) is 0 Å². The quantitative estimate of drug-likeness (QED) is 0.0295. The number of aliphatic hydroxyl groups excluding tert-OH is 2. The van der Waals surface area contributed by atoms with Crippen molar-refractivity contribution in [1.29, 1.82) is 0 Å². The van der Waals surface area contributed by atoms with Crippen LogP contribution in [0.25, 0.3) is 0 Å². The molecule has 0 radical (unpaired) electrons. The maximum Gasteiger partial charge on any atom is 0.469 e. The Morgan fingerprint density at radius 1 is 0.543 bits per heavy atom. The van der Waals surface area contributed by atoms with Crippen LogP contribution in [0.3, 0.4) is 0 Å². The number of ether oxygens (including phenoxy) is 1. The zero-order valence-corrected chi connectivity index (χ0v) is 31.2. The van der Waals surface area contributed by atoms with E-state index in [9.17, 15) is 9.36 Å². The van der Waals surface area contributed by atoms with Gasteiger partial charge in [-0.05, 0) is 12.8 Å². The maximum absolute atomic E-state index is 11.4. The molecule has 0 aliphatic rings. The van der Waals surface area contributed by atoms with Crippen molar-refractivity contribution >= 4 is 13.8 Å². The van der Waals surface area contributed by atoms with E-state index in [2.05, 4.69) is 18.4 Å². The van der Waals surface area contributed by atoms with E-state index in [-0.39, 0.29) is 25.8 Å². The van der Waals surface area contributed by atoms with Crippen LogP contribution in [-0.2, 0) is 18.6 Å². The van der Waals surface area contributed by atoms with E-state index in [0.717, 1.165) is 32.1 Å². The lowest BCUT2D eigenvalue weighted by Crippen LogP contribution is -2.21. The highest BCUT2D eigenvalue weighted by molar-refractivity contribution is 7.46. The molecular formula is C37H77O8P. The highest BCUT2D eigenvalue weighted by atomic mass is 31.2. The van der Waals surface area contributed by atoms with Crippen molar-refractivity contribution in [2.45, 2.75) is 213 Å². The van der Waals surface area contributed by atoms with Gasteiger partial charge in [-0.15, -0.1) is 0 Å². The van der Waals surface area contributed by atoms with Gasteiger partial charge in [-0.1, -0.05) is 187 Å². The number of carbonyl (C=O) groups excluding carboxylic acids is 1. The number of unbranched alkanes of at least 4 members (excludes halogenated alkanes) is 27. The largest absolute Gasteiger partial charge is 0.469 e. The van der Waals surface area contributed by atoms with Gasteiger partial charge in [-0.2, -0.15) is 0 Å². The van der Waals surface area contributed by atoms with E-state index < -0.39 is 13.9 Å². The summed E-state index contributed by atoms with van der Waals surface area (Å²) in [5, 5.41) is 17.7. The molecule has 0 amide bonds. The standard InChI is InChI=1S/C21H42O4.C16H35O4P/c1-2-3-4-5-6-7-8-9-10-11-12-13-14-15-16-17-21(24)25-19-20(23)18-22;1-2-3-4-5-6-7-8-9-10-11-12-13-14-15-16-20-21(17,18)19/h20,22-23H,2-19H2,1H3;2-16H2,1H3,(H2,17,18,19). The van der Waals surface area contributed by atoms with Crippen LogP contribution in [0.1, 0.15) is 206 Å². The lowest BCUT2D eigenvalue weighted by Gasteiger charge is -2.08. The summed E-state index contributed by atoms with van der Waals surface area (Å²) in [5.74, 6) is -0.276. The van der Waals surface area contributed by atoms with Gasteiger partial charge in [0.1, 0.15) is 12.7 Å². The molecule has 1 unspecified atom stereocenters. The van der Waals surface area contributed by atoms with Crippen molar-refractivity contribution in [3.8, 4) is 0 Å². The SMILES string of the molecule is CCCCCCCCCCCCCCCCCC(=O)OCC(O)CO.CCCCCCCCCCCCCCCCOP(=O)(O)O. The van der Waals surface area contributed by atoms with Crippen molar-refractivity contribution in [3.05, 3.63) is 0 Å². The Morgan fingerprint density at radius 2 is 0.848 bits per heavy atom. The van der Waals surface area contributed by atoms with E-state index in [0.29, 0.717) is 6.42 Å². The van der Waals surface area contributed by atoms with Gasteiger partial charge in [-0.25, -0.2) is 4.57 Å². The van der Waals surface area contributed by atoms with E-state index in [1.54, 1.807) is 0 Å². The van der Waals surface area contributed by atoms with Crippen molar-refractivity contribution in [1.82, 2.24) is 0 Å². The molecule has 0 aromatic rings. The van der Waals surface area contributed by atoms with Gasteiger partial charge >= 0.3 is 13.8 Å². The van der Waals surface area contributed by atoms with Crippen LogP contribution >= 0.6 is 7.82 Å². The second-order valence-electron chi connectivity index (χ2n) is 13.1. The molecule has 0 saturated carbocycles. The van der Waals surface area contributed by atoms with E-state index in [1.165, 1.54) is 154 Å². The first-order chi connectivity index (χ1) is 22.3. The third-order valence-electron chi connectivity index (χ3n) is 8.39. The first kappa shape index (κ1) is 47.6. The Bertz CT molecular complexity index is 643. The Labute approximate surface area is 284 Å². The Hall–Kier alpha value is -0.500. The molecule has 46 heavy (non-hydrogen) atoms. The number of esters is 1. The zero-order valence-electron chi connectivity index (χ0n) is 30.3. The van der Waals surface area contributed by atoms with E-state index >= 15 is 0 Å². The van der Waals surface area contributed by atoms with Crippen LogP contribution in [0.2, 0.25) is 0 Å². The molecule has 0 rings (SSSR count). The van der Waals surface area contributed by atoms with Crippen LogP contribution in [-0.4, -0.2) is 51.9 Å². The third-order valence-corrected chi connectivity index (χ3v) is 8.91. The fourth-order valence-corrected chi connectivity index (χ4v) is 5.80. The summed E-state index contributed by atoms with van der Waals surface area (Å²) in [4.78, 5) is 28.4. The Morgan fingerprint density at radius 3 is 1.15 bits per heavy atom. The molecule has 0 aliphatic carbocycles. The first-order valence-corrected chi connectivity index (χ1v) is 20.9. The van der Waals surface area contributed by atoms with Gasteiger partial charge in [0.25, 0.3) is 0 Å². The molecule has 0 aliphatic heterocycles. The monoisotopic (exact) mass is 681 g/mol. The molecule has 278 valence electrons. The fourth-order valence-electron chi connectivity index (χ4n) is 5.43. The molecule has 8 nitrogen and oxygen atoms in total. The minimum Gasteiger partial charge on any atom is -0.463 e. The second kappa shape index (κ2) is 38.9. The summed E-state index contributed by atoms with van der Waals surface area (Å²) in [6.45, 7) is 4.22. The van der Waals surface area contributed by atoms with Gasteiger partial charge in [0.15, 0.2) is 0 Å². The first-order valence-electron chi connectivity index (χ1n) is 19.4. The normalized spacial score (nSPS) is 12.1. The van der Waals surface area contributed by atoms with Gasteiger partial charge in [0, 0.05) is 6.42 Å². The second-order valence-corrected chi connectivity index (χ2v) is 14.4. The Kier molecular flexibility index (Phi) is 40.3. The zero-order chi connectivity index (χ0) is 34.4. The summed E-state index contributed by atoms with van der Waals surface area (Å²) < 4.78 is 19.7. The summed E-state index contributed by atoms with van der Waals surface area (Å²) in [5.41, 5.74) is 0. The van der Waals surface area contributed by atoms with Crippen LogP contribution < -0.4 is 0 Å². The molecule has 0 aromatic carbocycles. The lowest BCUT2D eigenvalue weighted by molar-refractivity contribution is -0.147. The summed E-state index contributed by atoms with van der Waals surface area (Å²) in [6.07, 6.45) is 36.8. The van der Waals surface area contributed by atoms with Crippen molar-refractivity contribution in [2.24, 2.45) is 0 Å². The number of phosphoric acid groups is 1. The van der Waals surface area contributed by atoms with Crippen LogP contribution in [0.15, 0.2) is 0 Å². The third kappa shape index (κ3) is 45.6. The maximum atomic E-state index is 11.4. The predicted molar refractivity (Wildman–Crippen MR) is 192 cm³/mol. The summed E-state index contributed by atoms with van der Waals surface area (Å²) in [6, 6.07) is 0. The molecule has 0 heterocycles.